The molecular formula is C17H20F3N7O. The highest BCUT2D eigenvalue weighted by atomic mass is 19.4. The summed E-state index contributed by atoms with van der Waals surface area (Å²) in [6.07, 6.45) is 0.667. The van der Waals surface area contributed by atoms with Crippen LogP contribution in [0.25, 0.3) is 0 Å². The van der Waals surface area contributed by atoms with Crippen molar-refractivity contribution in [3.05, 3.63) is 35.8 Å². The van der Waals surface area contributed by atoms with Crippen LogP contribution in [0.3, 0.4) is 0 Å². The minimum atomic E-state index is -4.58. The van der Waals surface area contributed by atoms with Crippen LogP contribution in [0, 0.1) is 0 Å². The van der Waals surface area contributed by atoms with Gasteiger partial charge >= 0.3 is 6.18 Å². The summed E-state index contributed by atoms with van der Waals surface area (Å²) in [6, 6.07) is 2.90. The quantitative estimate of drug-likeness (QED) is 0.690. The van der Waals surface area contributed by atoms with Crippen LogP contribution in [0.15, 0.2) is 24.5 Å². The number of pyridine rings is 1. The van der Waals surface area contributed by atoms with Crippen molar-refractivity contribution >= 4 is 23.4 Å². The number of primary amides is 1. The first-order valence-electron chi connectivity index (χ1n) is 8.76. The number of halogens is 3. The molecule has 1 amide bonds. The van der Waals surface area contributed by atoms with Crippen molar-refractivity contribution in [1.82, 2.24) is 19.9 Å². The average molecular weight is 395 g/mol. The second-order valence-electron chi connectivity index (χ2n) is 6.39. The average Bonchev–Trinajstić information content (AvgIpc) is 2.67. The van der Waals surface area contributed by atoms with Crippen LogP contribution in [0.5, 0.6) is 0 Å². The van der Waals surface area contributed by atoms with E-state index in [1.54, 1.807) is 0 Å². The zero-order valence-corrected chi connectivity index (χ0v) is 15.0. The van der Waals surface area contributed by atoms with E-state index in [0.717, 1.165) is 38.5 Å². The van der Waals surface area contributed by atoms with E-state index in [9.17, 15) is 18.0 Å². The molecular weight excluding hydrogens is 375 g/mol. The largest absolute Gasteiger partial charge is 0.421 e. The summed E-state index contributed by atoms with van der Waals surface area (Å²) in [6.45, 7) is 1.94. The van der Waals surface area contributed by atoms with E-state index in [1.165, 1.54) is 18.3 Å². The molecule has 0 aliphatic carbocycles. The van der Waals surface area contributed by atoms with Gasteiger partial charge in [0.15, 0.2) is 0 Å². The highest BCUT2D eigenvalue weighted by Crippen LogP contribution is 2.34. The number of anilines is 3. The maximum Gasteiger partial charge on any atom is 0.421 e. The molecule has 1 aliphatic rings. The van der Waals surface area contributed by atoms with Crippen LogP contribution < -0.4 is 16.4 Å². The molecule has 0 unspecified atom stereocenters. The Morgan fingerprint density at radius 2 is 1.89 bits per heavy atom. The molecule has 28 heavy (non-hydrogen) atoms. The van der Waals surface area contributed by atoms with Gasteiger partial charge in [-0.25, -0.2) is 9.97 Å². The summed E-state index contributed by atoms with van der Waals surface area (Å²) >= 11 is 0. The molecule has 3 heterocycles. The molecule has 1 aliphatic heterocycles. The maximum atomic E-state index is 13.3. The Hall–Kier alpha value is -2.95. The van der Waals surface area contributed by atoms with Gasteiger partial charge in [0.2, 0.25) is 5.95 Å². The summed E-state index contributed by atoms with van der Waals surface area (Å²) in [4.78, 5) is 24.7. The topological polar surface area (TPSA) is 109 Å². The first-order chi connectivity index (χ1) is 13.3. The number of hydrogen-bond donors (Lipinski definition) is 3. The van der Waals surface area contributed by atoms with Gasteiger partial charge in [0.05, 0.1) is 18.6 Å². The lowest BCUT2D eigenvalue weighted by molar-refractivity contribution is -0.137. The zero-order valence-electron chi connectivity index (χ0n) is 15.0. The number of likely N-dealkylation sites (tertiary alicyclic amines) is 1. The van der Waals surface area contributed by atoms with Crippen LogP contribution in [0.4, 0.5) is 30.6 Å². The molecule has 11 heteroatoms. The van der Waals surface area contributed by atoms with Gasteiger partial charge in [-0.2, -0.15) is 18.2 Å². The van der Waals surface area contributed by atoms with Crippen LogP contribution in [-0.4, -0.2) is 45.5 Å². The zero-order chi connectivity index (χ0) is 20.1. The minimum Gasteiger partial charge on any atom is -0.364 e. The normalized spacial score (nSPS) is 15.2. The number of nitrogens with one attached hydrogen (secondary N) is 2. The van der Waals surface area contributed by atoms with Gasteiger partial charge in [-0.15, -0.1) is 0 Å². The number of amides is 1. The van der Waals surface area contributed by atoms with Gasteiger partial charge in [0.1, 0.15) is 17.1 Å². The number of rotatable bonds is 6. The lowest BCUT2D eigenvalue weighted by Gasteiger charge is -2.27. The second-order valence-corrected chi connectivity index (χ2v) is 6.39. The standard InChI is InChI=1S/C17H20F3N7O/c18-17(19,20)12-9-23-16(25-11-4-5-13(14(21)28)22-8-11)26-15(12)24-10-27-6-2-1-3-7-27/h4-5,8-9H,1-3,6-7,10H2,(H2,21,28)(H2,23,24,25,26). The summed E-state index contributed by atoms with van der Waals surface area (Å²) in [7, 11) is 0. The Kier molecular flexibility index (Phi) is 5.93. The van der Waals surface area contributed by atoms with Crippen molar-refractivity contribution in [2.75, 3.05) is 30.4 Å². The Morgan fingerprint density at radius 3 is 2.50 bits per heavy atom. The SMILES string of the molecule is NC(=O)c1ccc(Nc2ncc(C(F)(F)F)c(NCN3CCCCC3)n2)cn1. The number of piperidine rings is 1. The monoisotopic (exact) mass is 395 g/mol. The Labute approximate surface area is 159 Å². The van der Waals surface area contributed by atoms with Crippen LogP contribution in [-0.2, 0) is 6.18 Å². The van der Waals surface area contributed by atoms with Gasteiger partial charge in [-0.05, 0) is 38.1 Å². The molecule has 8 nitrogen and oxygen atoms in total. The number of nitrogens with two attached hydrogens (primary N) is 1. The predicted molar refractivity (Wildman–Crippen MR) is 97.0 cm³/mol. The van der Waals surface area contributed by atoms with E-state index in [4.69, 9.17) is 5.73 Å². The Balaban J connectivity index is 1.77. The number of carbonyl (C=O) groups excluding carboxylic acids is 1. The molecule has 1 saturated heterocycles. The number of aromatic nitrogens is 3. The number of nitrogens with zero attached hydrogens (tertiary/aromatic N) is 4. The molecule has 0 bridgehead atoms. The molecule has 3 rings (SSSR count). The van der Waals surface area contributed by atoms with E-state index in [1.807, 2.05) is 4.90 Å². The molecule has 0 atom stereocenters. The molecule has 2 aromatic heterocycles. The fourth-order valence-electron chi connectivity index (χ4n) is 2.83. The minimum absolute atomic E-state index is 0.0252. The summed E-state index contributed by atoms with van der Waals surface area (Å²) in [5, 5.41) is 5.55. The summed E-state index contributed by atoms with van der Waals surface area (Å²) in [5.74, 6) is -0.999. The van der Waals surface area contributed by atoms with E-state index in [-0.39, 0.29) is 24.1 Å². The van der Waals surface area contributed by atoms with Crippen molar-refractivity contribution in [2.45, 2.75) is 25.4 Å². The van der Waals surface area contributed by atoms with Crippen LogP contribution in [0.1, 0.15) is 35.3 Å². The van der Waals surface area contributed by atoms with Crippen molar-refractivity contribution in [2.24, 2.45) is 5.73 Å². The highest BCUT2D eigenvalue weighted by molar-refractivity contribution is 5.90. The lowest BCUT2D eigenvalue weighted by Crippen LogP contribution is -2.34. The number of alkyl halides is 3. The van der Waals surface area contributed by atoms with Gasteiger partial charge in [-0.3, -0.25) is 9.69 Å². The van der Waals surface area contributed by atoms with Crippen molar-refractivity contribution in [3.8, 4) is 0 Å². The third-order valence-corrected chi connectivity index (χ3v) is 4.29. The molecule has 4 N–H and O–H groups in total. The van der Waals surface area contributed by atoms with Crippen molar-refractivity contribution < 1.29 is 18.0 Å². The summed E-state index contributed by atoms with van der Waals surface area (Å²) < 4.78 is 39.9. The number of carbonyl (C=O) groups is 1. The van der Waals surface area contributed by atoms with E-state index >= 15 is 0 Å². The molecule has 0 radical (unpaired) electrons. The highest BCUT2D eigenvalue weighted by Gasteiger charge is 2.35. The molecule has 1 fully saturated rings. The predicted octanol–water partition coefficient (Wildman–Crippen LogP) is 2.59. The molecule has 0 saturated carbocycles. The second kappa shape index (κ2) is 8.38. The number of hydrogen-bond acceptors (Lipinski definition) is 7. The van der Waals surface area contributed by atoms with Gasteiger partial charge in [0.25, 0.3) is 5.91 Å². The van der Waals surface area contributed by atoms with E-state index in [0.29, 0.717) is 5.69 Å². The fourth-order valence-corrected chi connectivity index (χ4v) is 2.83. The molecule has 150 valence electrons. The first-order valence-corrected chi connectivity index (χ1v) is 8.76. The van der Waals surface area contributed by atoms with Gasteiger partial charge in [0, 0.05) is 6.20 Å². The van der Waals surface area contributed by atoms with Gasteiger partial charge in [-0.1, -0.05) is 6.42 Å². The smallest absolute Gasteiger partial charge is 0.364 e. The van der Waals surface area contributed by atoms with Crippen molar-refractivity contribution in [1.29, 1.82) is 0 Å². The molecule has 0 aromatic carbocycles. The lowest BCUT2D eigenvalue weighted by atomic mass is 10.1. The van der Waals surface area contributed by atoms with E-state index in [2.05, 4.69) is 25.6 Å². The van der Waals surface area contributed by atoms with Crippen LogP contribution in [0.2, 0.25) is 0 Å². The molecule has 0 spiro atoms. The first kappa shape index (κ1) is 19.8. The third kappa shape index (κ3) is 5.06. The summed E-state index contributed by atoms with van der Waals surface area (Å²) in [5.41, 5.74) is 4.67. The van der Waals surface area contributed by atoms with E-state index < -0.39 is 17.6 Å². The Morgan fingerprint density at radius 1 is 1.14 bits per heavy atom. The third-order valence-electron chi connectivity index (χ3n) is 4.29. The Bertz CT molecular complexity index is 820. The molecule has 2 aromatic rings. The fraction of sp³-hybridized carbons (Fsp3) is 0.412. The van der Waals surface area contributed by atoms with Crippen LogP contribution >= 0.6 is 0 Å². The maximum absolute atomic E-state index is 13.3. The van der Waals surface area contributed by atoms with Gasteiger partial charge < -0.3 is 16.4 Å². The van der Waals surface area contributed by atoms with Crippen molar-refractivity contribution in [3.63, 3.8) is 0 Å².